The topological polar surface area (TPSA) is 0 Å². The van der Waals surface area contributed by atoms with Crippen LogP contribution >= 0.6 is 69.6 Å². The average molecular weight is 337 g/mol. The molecule has 0 nitrogen and oxygen atoms in total. The quantitative estimate of drug-likeness (QED) is 0.380. The van der Waals surface area contributed by atoms with Gasteiger partial charge in [-0.25, -0.2) is 0 Å². The van der Waals surface area contributed by atoms with Crippen molar-refractivity contribution in [3.05, 3.63) is 36.8 Å². The van der Waals surface area contributed by atoms with E-state index in [1.165, 1.54) is 0 Å². The molecule has 0 radical (unpaired) electrons. The second-order valence-electron chi connectivity index (χ2n) is 3.38. The predicted octanol–water partition coefficient (Wildman–Crippen LogP) is 6.39. The zero-order chi connectivity index (χ0) is 12.2. The number of alkyl halides is 1. The first-order chi connectivity index (χ1) is 7.37. The Labute approximate surface area is 123 Å². The molecule has 0 heterocycles. The van der Waals surface area contributed by atoms with E-state index >= 15 is 0 Å². The number of benzene rings is 1. The molecular formula is C10H4Cl6. The van der Waals surface area contributed by atoms with Gasteiger partial charge in [-0.3, -0.25) is 0 Å². The molecule has 0 saturated heterocycles. The van der Waals surface area contributed by atoms with Crippen molar-refractivity contribution in [2.24, 2.45) is 0 Å². The van der Waals surface area contributed by atoms with Crippen LogP contribution in [0.15, 0.2) is 5.03 Å². The van der Waals surface area contributed by atoms with E-state index < -0.39 is 5.38 Å². The molecule has 1 aliphatic rings. The molecule has 1 aromatic rings. The van der Waals surface area contributed by atoms with Gasteiger partial charge in [0.2, 0.25) is 0 Å². The molecule has 86 valence electrons. The summed E-state index contributed by atoms with van der Waals surface area (Å²) < 4.78 is 0. The lowest BCUT2D eigenvalue weighted by Crippen LogP contribution is -1.95. The van der Waals surface area contributed by atoms with E-state index in [4.69, 9.17) is 69.6 Å². The lowest BCUT2D eigenvalue weighted by molar-refractivity contribution is 1.18. The van der Waals surface area contributed by atoms with Gasteiger partial charge in [-0.15, -0.1) is 11.6 Å². The third-order valence-corrected chi connectivity index (χ3v) is 5.38. The molecule has 0 bridgehead atoms. The first-order valence-corrected chi connectivity index (χ1v) is 6.57. The Balaban J connectivity index is 2.89. The number of halogens is 6. The van der Waals surface area contributed by atoms with Gasteiger partial charge in [-0.1, -0.05) is 58.0 Å². The van der Waals surface area contributed by atoms with Gasteiger partial charge in [0.25, 0.3) is 0 Å². The highest BCUT2D eigenvalue weighted by molar-refractivity contribution is 6.60. The van der Waals surface area contributed by atoms with E-state index in [9.17, 15) is 0 Å². The summed E-state index contributed by atoms with van der Waals surface area (Å²) in [5.74, 6) is 0. The Morgan fingerprint density at radius 1 is 0.875 bits per heavy atom. The van der Waals surface area contributed by atoms with Gasteiger partial charge in [0.1, 0.15) is 0 Å². The van der Waals surface area contributed by atoms with Crippen LogP contribution < -0.4 is 0 Å². The Hall–Kier alpha value is 0.700. The number of rotatable bonds is 0. The summed E-state index contributed by atoms with van der Waals surface area (Å²) in [5, 5.41) is 1.11. The van der Waals surface area contributed by atoms with E-state index in [1.54, 1.807) is 6.92 Å². The highest BCUT2D eigenvalue weighted by atomic mass is 35.5. The van der Waals surface area contributed by atoms with Crippen molar-refractivity contribution >= 4 is 74.6 Å². The van der Waals surface area contributed by atoms with Crippen molar-refractivity contribution in [2.45, 2.75) is 12.3 Å². The summed E-state index contributed by atoms with van der Waals surface area (Å²) in [6.07, 6.45) is 0. The van der Waals surface area contributed by atoms with Crippen LogP contribution in [0.3, 0.4) is 0 Å². The van der Waals surface area contributed by atoms with Crippen molar-refractivity contribution in [3.8, 4) is 0 Å². The number of hydrogen-bond acceptors (Lipinski definition) is 0. The monoisotopic (exact) mass is 334 g/mol. The first kappa shape index (κ1) is 13.1. The maximum Gasteiger partial charge on any atom is 0.0966 e. The third-order valence-electron chi connectivity index (χ3n) is 2.51. The highest BCUT2D eigenvalue weighted by Gasteiger charge is 2.34. The minimum absolute atomic E-state index is 0.271. The normalized spacial score (nSPS) is 19.3. The molecule has 16 heavy (non-hydrogen) atoms. The van der Waals surface area contributed by atoms with Gasteiger partial charge in [0.15, 0.2) is 0 Å². The van der Waals surface area contributed by atoms with E-state index in [2.05, 4.69) is 0 Å². The first-order valence-electron chi connectivity index (χ1n) is 4.24. The highest BCUT2D eigenvalue weighted by Crippen LogP contribution is 2.54. The van der Waals surface area contributed by atoms with Gasteiger partial charge in [-0.2, -0.15) is 0 Å². The molecule has 1 aromatic carbocycles. The van der Waals surface area contributed by atoms with Crippen molar-refractivity contribution in [1.29, 1.82) is 0 Å². The van der Waals surface area contributed by atoms with Crippen LogP contribution in [0.1, 0.15) is 22.1 Å². The molecule has 6 heteroatoms. The predicted molar refractivity (Wildman–Crippen MR) is 73.4 cm³/mol. The minimum atomic E-state index is -0.517. The molecule has 0 aliphatic heterocycles. The second-order valence-corrected chi connectivity index (χ2v) is 5.74. The fourth-order valence-electron chi connectivity index (χ4n) is 1.68. The van der Waals surface area contributed by atoms with Gasteiger partial charge in [0, 0.05) is 5.56 Å². The molecule has 0 aromatic heterocycles. The zero-order valence-electron chi connectivity index (χ0n) is 7.85. The Morgan fingerprint density at radius 2 is 1.44 bits per heavy atom. The SMILES string of the molecule is Cc1c(Cl)c(Cl)c(Cl)c2c1C(Cl)C(Cl)=C2Cl. The molecule has 1 aliphatic carbocycles. The lowest BCUT2D eigenvalue weighted by Gasteiger charge is -2.13. The van der Waals surface area contributed by atoms with Crippen molar-refractivity contribution in [1.82, 2.24) is 0 Å². The van der Waals surface area contributed by atoms with Crippen LogP contribution in [0.2, 0.25) is 15.1 Å². The standard InChI is InChI=1S/C10H4Cl6/c1-2-3-4(7(13)9(15)5(2)11)8(14)10(16)6(3)12/h6H,1H3. The molecule has 0 N–H and O–H groups in total. The molecule has 1 atom stereocenters. The van der Waals surface area contributed by atoms with Crippen LogP contribution in [-0.4, -0.2) is 0 Å². The number of allylic oxidation sites excluding steroid dienone is 1. The van der Waals surface area contributed by atoms with Crippen LogP contribution in [0.5, 0.6) is 0 Å². The van der Waals surface area contributed by atoms with Crippen LogP contribution in [0.4, 0.5) is 0 Å². The Morgan fingerprint density at radius 3 is 2.00 bits per heavy atom. The summed E-state index contributed by atoms with van der Waals surface area (Å²) in [6.45, 7) is 1.80. The summed E-state index contributed by atoms with van der Waals surface area (Å²) in [4.78, 5) is 0. The van der Waals surface area contributed by atoms with Gasteiger partial charge >= 0.3 is 0 Å². The minimum Gasteiger partial charge on any atom is -0.112 e. The van der Waals surface area contributed by atoms with Crippen LogP contribution in [-0.2, 0) is 0 Å². The Bertz CT molecular complexity index is 517. The van der Waals surface area contributed by atoms with Crippen molar-refractivity contribution in [2.75, 3.05) is 0 Å². The van der Waals surface area contributed by atoms with Crippen molar-refractivity contribution in [3.63, 3.8) is 0 Å². The average Bonchev–Trinajstić information content (AvgIpc) is 2.48. The molecule has 0 fully saturated rings. The van der Waals surface area contributed by atoms with E-state index in [0.29, 0.717) is 25.7 Å². The molecule has 0 saturated carbocycles. The van der Waals surface area contributed by atoms with Crippen molar-refractivity contribution < 1.29 is 0 Å². The second kappa shape index (κ2) is 4.42. The van der Waals surface area contributed by atoms with Crippen LogP contribution in [0.25, 0.3) is 5.03 Å². The largest absolute Gasteiger partial charge is 0.112 e. The number of fused-ring (bicyclic) bond motifs is 1. The lowest BCUT2D eigenvalue weighted by atomic mass is 10.0. The smallest absolute Gasteiger partial charge is 0.0966 e. The van der Waals surface area contributed by atoms with E-state index in [1.807, 2.05) is 0 Å². The molecule has 2 rings (SSSR count). The number of hydrogen-bond donors (Lipinski definition) is 0. The molecule has 0 spiro atoms. The maximum atomic E-state index is 6.15. The van der Waals surface area contributed by atoms with E-state index in [0.717, 1.165) is 11.1 Å². The van der Waals surface area contributed by atoms with Crippen LogP contribution in [0, 0.1) is 6.92 Å². The Kier molecular flexibility index (Phi) is 3.63. The summed E-state index contributed by atoms with van der Waals surface area (Å²) >= 11 is 36.4. The molecule has 1 unspecified atom stereocenters. The van der Waals surface area contributed by atoms with E-state index in [-0.39, 0.29) is 5.02 Å². The fraction of sp³-hybridized carbons (Fsp3) is 0.200. The molecule has 0 amide bonds. The summed E-state index contributed by atoms with van der Waals surface area (Å²) in [5.41, 5.74) is 2.07. The fourth-order valence-corrected chi connectivity index (χ4v) is 3.45. The van der Waals surface area contributed by atoms with Gasteiger partial charge < -0.3 is 0 Å². The van der Waals surface area contributed by atoms with Gasteiger partial charge in [-0.05, 0) is 18.1 Å². The zero-order valence-corrected chi connectivity index (χ0v) is 12.4. The van der Waals surface area contributed by atoms with Gasteiger partial charge in [0.05, 0.1) is 30.5 Å². The summed E-state index contributed by atoms with van der Waals surface area (Å²) in [6, 6.07) is 0. The third kappa shape index (κ3) is 1.67. The molecular weight excluding hydrogens is 333 g/mol. The maximum absolute atomic E-state index is 6.15. The summed E-state index contributed by atoms with van der Waals surface area (Å²) in [7, 11) is 0.